The quantitative estimate of drug-likeness (QED) is 0.804. The summed E-state index contributed by atoms with van der Waals surface area (Å²) >= 11 is 0. The molecule has 0 spiro atoms. The van der Waals surface area contributed by atoms with Gasteiger partial charge in [0.1, 0.15) is 6.33 Å². The van der Waals surface area contributed by atoms with Gasteiger partial charge in [0.05, 0.1) is 5.56 Å². The Labute approximate surface area is 126 Å². The molecule has 0 radical (unpaired) electrons. The Kier molecular flexibility index (Phi) is 4.21. The Morgan fingerprint density at radius 2 is 1.57 bits per heavy atom. The first-order valence-electron chi connectivity index (χ1n) is 7.18. The topological polar surface area (TPSA) is 42.9 Å². The number of aryl methyl sites for hydroxylation is 2. The minimum atomic E-state index is 0.0605. The van der Waals surface area contributed by atoms with Gasteiger partial charge in [-0.15, -0.1) is 0 Å². The molecule has 2 aromatic rings. The number of aromatic nitrogens is 2. The molecule has 1 aromatic carbocycles. The van der Waals surface area contributed by atoms with Crippen molar-refractivity contribution in [1.29, 1.82) is 0 Å². The number of benzene rings is 1. The van der Waals surface area contributed by atoms with Crippen molar-refractivity contribution in [2.45, 2.75) is 46.5 Å². The van der Waals surface area contributed by atoms with Crippen molar-refractivity contribution in [3.8, 4) is 0 Å². The fraction of sp³-hybridized carbons (Fsp3) is 0.389. The van der Waals surface area contributed by atoms with Crippen LogP contribution in [0.15, 0.2) is 30.9 Å². The van der Waals surface area contributed by atoms with E-state index in [1.165, 1.54) is 23.0 Å². The predicted molar refractivity (Wildman–Crippen MR) is 84.7 cm³/mol. The first-order valence-corrected chi connectivity index (χ1v) is 7.18. The zero-order chi connectivity index (χ0) is 15.6. The molecule has 0 aliphatic rings. The van der Waals surface area contributed by atoms with Gasteiger partial charge in [0.2, 0.25) is 0 Å². The second-order valence-corrected chi connectivity index (χ2v) is 6.57. The van der Waals surface area contributed by atoms with E-state index in [0.29, 0.717) is 12.0 Å². The zero-order valence-corrected chi connectivity index (χ0v) is 13.4. The molecule has 0 unspecified atom stereocenters. The number of rotatable bonds is 3. The molecular weight excluding hydrogens is 260 g/mol. The molecule has 0 aliphatic heterocycles. The first kappa shape index (κ1) is 15.4. The summed E-state index contributed by atoms with van der Waals surface area (Å²) in [6.07, 6.45) is 4.98. The molecule has 0 aliphatic carbocycles. The van der Waals surface area contributed by atoms with E-state index in [2.05, 4.69) is 56.7 Å². The highest BCUT2D eigenvalue weighted by atomic mass is 16.1. The normalized spacial score (nSPS) is 11.5. The van der Waals surface area contributed by atoms with E-state index in [-0.39, 0.29) is 11.2 Å². The second kappa shape index (κ2) is 5.76. The van der Waals surface area contributed by atoms with Crippen molar-refractivity contribution in [3.05, 3.63) is 58.7 Å². The number of carbonyl (C=O) groups excluding carboxylic acids is 1. The minimum Gasteiger partial charge on any atom is -0.294 e. The second-order valence-electron chi connectivity index (χ2n) is 6.57. The van der Waals surface area contributed by atoms with Gasteiger partial charge in [-0.05, 0) is 41.5 Å². The number of carbonyl (C=O) groups is 1. The van der Waals surface area contributed by atoms with E-state index in [9.17, 15) is 4.79 Å². The molecule has 110 valence electrons. The van der Waals surface area contributed by atoms with Gasteiger partial charge in [0.15, 0.2) is 5.78 Å². The van der Waals surface area contributed by atoms with Gasteiger partial charge in [-0.1, -0.05) is 32.9 Å². The smallest absolute Gasteiger partial charge is 0.170 e. The van der Waals surface area contributed by atoms with E-state index < -0.39 is 0 Å². The Bertz CT molecular complexity index is 632. The molecule has 0 fully saturated rings. The third-order valence-corrected chi connectivity index (χ3v) is 3.78. The minimum absolute atomic E-state index is 0.0605. The Morgan fingerprint density at radius 1 is 1.05 bits per heavy atom. The van der Waals surface area contributed by atoms with Crippen LogP contribution in [0.4, 0.5) is 0 Å². The van der Waals surface area contributed by atoms with Crippen LogP contribution in [-0.2, 0) is 11.8 Å². The fourth-order valence-electron chi connectivity index (χ4n) is 2.41. The van der Waals surface area contributed by atoms with Crippen LogP contribution in [0.1, 0.15) is 53.4 Å². The van der Waals surface area contributed by atoms with E-state index in [1.54, 1.807) is 12.4 Å². The monoisotopic (exact) mass is 282 g/mol. The predicted octanol–water partition coefficient (Wildman–Crippen LogP) is 3.82. The third-order valence-electron chi connectivity index (χ3n) is 3.78. The maximum Gasteiger partial charge on any atom is 0.170 e. The summed E-state index contributed by atoms with van der Waals surface area (Å²) in [5, 5.41) is 0. The summed E-state index contributed by atoms with van der Waals surface area (Å²) in [5.74, 6) is 0.0605. The SMILES string of the molecule is Cc1cc(C(C)(C)C)cc(C)c1CC(=O)c1cncnc1. The number of ketones is 1. The van der Waals surface area contributed by atoms with Crippen molar-refractivity contribution in [1.82, 2.24) is 9.97 Å². The van der Waals surface area contributed by atoms with Gasteiger partial charge in [-0.2, -0.15) is 0 Å². The van der Waals surface area contributed by atoms with Gasteiger partial charge in [-0.3, -0.25) is 4.79 Å². The summed E-state index contributed by atoms with van der Waals surface area (Å²) in [6, 6.07) is 4.38. The van der Waals surface area contributed by atoms with Gasteiger partial charge < -0.3 is 0 Å². The van der Waals surface area contributed by atoms with Crippen LogP contribution < -0.4 is 0 Å². The van der Waals surface area contributed by atoms with Crippen molar-refractivity contribution < 1.29 is 4.79 Å². The highest BCUT2D eigenvalue weighted by Gasteiger charge is 2.18. The number of hydrogen-bond donors (Lipinski definition) is 0. The van der Waals surface area contributed by atoms with Crippen molar-refractivity contribution in [2.24, 2.45) is 0 Å². The summed E-state index contributed by atoms with van der Waals surface area (Å²) in [5.41, 5.74) is 5.44. The molecule has 2 rings (SSSR count). The van der Waals surface area contributed by atoms with Crippen LogP contribution in [0.2, 0.25) is 0 Å². The van der Waals surface area contributed by atoms with E-state index in [1.807, 2.05) is 0 Å². The van der Waals surface area contributed by atoms with E-state index in [4.69, 9.17) is 0 Å². The number of nitrogens with zero attached hydrogens (tertiary/aromatic N) is 2. The lowest BCUT2D eigenvalue weighted by molar-refractivity contribution is 0.0992. The van der Waals surface area contributed by atoms with Crippen LogP contribution in [0.5, 0.6) is 0 Å². The highest BCUT2D eigenvalue weighted by molar-refractivity contribution is 5.97. The lowest BCUT2D eigenvalue weighted by atomic mass is 9.83. The van der Waals surface area contributed by atoms with Crippen LogP contribution in [0.3, 0.4) is 0 Å². The molecule has 1 heterocycles. The average Bonchev–Trinajstić information content (AvgIpc) is 2.42. The standard InChI is InChI=1S/C18H22N2O/c1-12-6-15(18(3,4)5)7-13(2)16(12)8-17(21)14-9-19-11-20-10-14/h6-7,9-11H,8H2,1-5H3. The summed E-state index contributed by atoms with van der Waals surface area (Å²) in [4.78, 5) is 20.1. The lowest BCUT2D eigenvalue weighted by Gasteiger charge is -2.22. The van der Waals surface area contributed by atoms with Crippen LogP contribution in [0, 0.1) is 13.8 Å². The number of Topliss-reactive ketones (excluding diaryl/α,β-unsaturated/α-hetero) is 1. The molecule has 1 aromatic heterocycles. The van der Waals surface area contributed by atoms with Crippen LogP contribution >= 0.6 is 0 Å². The Morgan fingerprint density at radius 3 is 2.05 bits per heavy atom. The molecule has 0 amide bonds. The fourth-order valence-corrected chi connectivity index (χ4v) is 2.41. The largest absolute Gasteiger partial charge is 0.294 e. The first-order chi connectivity index (χ1) is 9.79. The maximum absolute atomic E-state index is 12.3. The lowest BCUT2D eigenvalue weighted by Crippen LogP contribution is -2.14. The van der Waals surface area contributed by atoms with E-state index in [0.717, 1.165) is 5.56 Å². The van der Waals surface area contributed by atoms with Crippen LogP contribution in [0.25, 0.3) is 0 Å². The average molecular weight is 282 g/mol. The summed E-state index contributed by atoms with van der Waals surface area (Å²) in [7, 11) is 0. The Hall–Kier alpha value is -2.03. The Balaban J connectivity index is 2.32. The number of hydrogen-bond acceptors (Lipinski definition) is 3. The molecule has 0 bridgehead atoms. The molecule has 3 nitrogen and oxygen atoms in total. The van der Waals surface area contributed by atoms with Gasteiger partial charge in [0, 0.05) is 18.8 Å². The van der Waals surface area contributed by atoms with Crippen molar-refractivity contribution in [2.75, 3.05) is 0 Å². The molecule has 0 N–H and O–H groups in total. The molecule has 21 heavy (non-hydrogen) atoms. The third kappa shape index (κ3) is 3.54. The molecule has 0 saturated carbocycles. The van der Waals surface area contributed by atoms with Gasteiger partial charge in [0.25, 0.3) is 0 Å². The van der Waals surface area contributed by atoms with Gasteiger partial charge in [-0.25, -0.2) is 9.97 Å². The summed E-state index contributed by atoms with van der Waals surface area (Å²) < 4.78 is 0. The van der Waals surface area contributed by atoms with Crippen molar-refractivity contribution in [3.63, 3.8) is 0 Å². The van der Waals surface area contributed by atoms with Gasteiger partial charge >= 0.3 is 0 Å². The molecule has 0 atom stereocenters. The van der Waals surface area contributed by atoms with Crippen molar-refractivity contribution >= 4 is 5.78 Å². The van der Waals surface area contributed by atoms with Crippen LogP contribution in [-0.4, -0.2) is 15.8 Å². The van der Waals surface area contributed by atoms with E-state index >= 15 is 0 Å². The summed E-state index contributed by atoms with van der Waals surface area (Å²) in [6.45, 7) is 10.8. The zero-order valence-electron chi connectivity index (χ0n) is 13.4. The maximum atomic E-state index is 12.3. The molecule has 0 saturated heterocycles. The molecular formula is C18H22N2O. The highest BCUT2D eigenvalue weighted by Crippen LogP contribution is 2.27. The molecule has 3 heteroatoms.